The smallest absolute Gasteiger partial charge is 0.163 e. The highest BCUT2D eigenvalue weighted by Gasteiger charge is 2.15. The third kappa shape index (κ3) is 11.0. The molecular formula is C35H55NO2. The molecule has 0 amide bonds. The van der Waals surface area contributed by atoms with Gasteiger partial charge >= 0.3 is 0 Å². The van der Waals surface area contributed by atoms with Crippen molar-refractivity contribution in [2.75, 3.05) is 7.11 Å². The molecule has 1 aromatic carbocycles. The molecule has 1 fully saturated rings. The van der Waals surface area contributed by atoms with Crippen molar-refractivity contribution in [3.05, 3.63) is 76.3 Å². The first kappa shape index (κ1) is 33.4. The van der Waals surface area contributed by atoms with Crippen LogP contribution < -0.4 is 4.74 Å². The topological polar surface area (TPSA) is 39.2 Å². The van der Waals surface area contributed by atoms with Gasteiger partial charge in [-0.25, -0.2) is 0 Å². The molecule has 38 heavy (non-hydrogen) atoms. The number of aromatic nitrogens is 1. The highest BCUT2D eigenvalue weighted by atomic mass is 16.5. The third-order valence-electron chi connectivity index (χ3n) is 7.21. The number of allylic oxidation sites excluding steroid dienone is 1. The van der Waals surface area contributed by atoms with Crippen LogP contribution in [-0.2, 0) is 12.8 Å². The summed E-state index contributed by atoms with van der Waals surface area (Å²) < 4.78 is 5.61. The quantitative estimate of drug-likeness (QED) is 0.194. The standard InChI is InChI=1S/C31H41NO2.2C2H6.H2/c1-5-7-15-30(33)27-16-17-28(31(22-27)34-4)21-29-19-18-26(23(3)32-29)20-24(6-2)13-10-14-25-11-8-9-12-25;2*1-2;/h16-19,22,25H,2,5,7-15,20-21H2,1,3-4H3;2*1-2H3;1H. The van der Waals surface area contributed by atoms with E-state index >= 15 is 0 Å². The average molecular weight is 522 g/mol. The van der Waals surface area contributed by atoms with Crippen molar-refractivity contribution in [2.24, 2.45) is 5.92 Å². The Bertz CT molecular complexity index is 1020. The number of ketones is 1. The van der Waals surface area contributed by atoms with Crippen LogP contribution >= 0.6 is 0 Å². The number of benzene rings is 1. The summed E-state index contributed by atoms with van der Waals surface area (Å²) in [7, 11) is 1.66. The molecule has 212 valence electrons. The van der Waals surface area contributed by atoms with E-state index in [1.807, 2.05) is 45.9 Å². The number of ether oxygens (including phenoxy) is 1. The number of methoxy groups -OCH3 is 1. The van der Waals surface area contributed by atoms with Crippen LogP contribution in [-0.4, -0.2) is 17.9 Å². The van der Waals surface area contributed by atoms with E-state index in [2.05, 4.69) is 38.3 Å². The van der Waals surface area contributed by atoms with Crippen LogP contribution in [0, 0.1) is 12.8 Å². The first-order valence-electron chi connectivity index (χ1n) is 15.1. The molecule has 2 aromatic rings. The predicted molar refractivity (Wildman–Crippen MR) is 166 cm³/mol. The Kier molecular flexibility index (Phi) is 17.1. The Morgan fingerprint density at radius 2 is 1.74 bits per heavy atom. The molecule has 1 saturated carbocycles. The highest BCUT2D eigenvalue weighted by Crippen LogP contribution is 2.30. The molecule has 0 saturated heterocycles. The van der Waals surface area contributed by atoms with Crippen molar-refractivity contribution in [3.8, 4) is 5.75 Å². The van der Waals surface area contributed by atoms with E-state index in [-0.39, 0.29) is 7.21 Å². The number of unbranched alkanes of at least 4 members (excludes halogenated alkanes) is 1. The zero-order chi connectivity index (χ0) is 28.3. The van der Waals surface area contributed by atoms with Gasteiger partial charge in [-0.1, -0.05) is 97.9 Å². The number of aryl methyl sites for hydroxylation is 1. The summed E-state index contributed by atoms with van der Waals surface area (Å²) in [6.45, 7) is 16.1. The van der Waals surface area contributed by atoms with Crippen molar-refractivity contribution in [3.63, 3.8) is 0 Å². The maximum atomic E-state index is 12.4. The second-order valence-electron chi connectivity index (χ2n) is 9.78. The van der Waals surface area contributed by atoms with Crippen LogP contribution in [0.25, 0.3) is 0 Å². The molecule has 0 atom stereocenters. The van der Waals surface area contributed by atoms with Crippen LogP contribution in [0.2, 0.25) is 0 Å². The minimum absolute atomic E-state index is 0. The van der Waals surface area contributed by atoms with Gasteiger partial charge in [0.2, 0.25) is 0 Å². The van der Waals surface area contributed by atoms with E-state index in [4.69, 9.17) is 9.72 Å². The van der Waals surface area contributed by atoms with Gasteiger partial charge in [0.25, 0.3) is 0 Å². The maximum absolute atomic E-state index is 12.4. The van der Waals surface area contributed by atoms with Crippen molar-refractivity contribution < 1.29 is 11.0 Å². The zero-order valence-electron chi connectivity index (χ0n) is 25.4. The summed E-state index contributed by atoms with van der Waals surface area (Å²) in [5.74, 6) is 1.87. The van der Waals surface area contributed by atoms with Gasteiger partial charge in [0.05, 0.1) is 7.11 Å². The van der Waals surface area contributed by atoms with E-state index < -0.39 is 0 Å². The first-order chi connectivity index (χ1) is 18.5. The Hall–Kier alpha value is -2.64. The monoisotopic (exact) mass is 521 g/mol. The molecule has 1 aliphatic carbocycles. The molecule has 1 aromatic heterocycles. The summed E-state index contributed by atoms with van der Waals surface area (Å²) in [4.78, 5) is 17.3. The molecule has 0 unspecified atom stereocenters. The fourth-order valence-electron chi connectivity index (χ4n) is 5.04. The minimum atomic E-state index is 0. The van der Waals surface area contributed by atoms with E-state index in [1.165, 1.54) is 49.7 Å². The number of hydrogen-bond donors (Lipinski definition) is 0. The summed E-state index contributed by atoms with van der Waals surface area (Å²) in [6.07, 6.45) is 13.4. The molecule has 0 spiro atoms. The van der Waals surface area contributed by atoms with Gasteiger partial charge in [-0.2, -0.15) is 0 Å². The summed E-state index contributed by atoms with van der Waals surface area (Å²) in [5.41, 5.74) is 9.58. The molecular weight excluding hydrogens is 466 g/mol. The summed E-state index contributed by atoms with van der Waals surface area (Å²) in [5, 5.41) is 0. The molecule has 3 heteroatoms. The Labute approximate surface area is 235 Å². The Morgan fingerprint density at radius 3 is 2.34 bits per heavy atom. The van der Waals surface area contributed by atoms with Crippen LogP contribution in [0.15, 0.2) is 48.2 Å². The minimum Gasteiger partial charge on any atom is -0.496 e. The van der Waals surface area contributed by atoms with Gasteiger partial charge < -0.3 is 4.74 Å². The van der Waals surface area contributed by atoms with E-state index in [1.54, 1.807) is 7.11 Å². The van der Waals surface area contributed by atoms with Gasteiger partial charge in [0.15, 0.2) is 5.78 Å². The first-order valence-corrected chi connectivity index (χ1v) is 15.1. The van der Waals surface area contributed by atoms with Crippen LogP contribution in [0.1, 0.15) is 133 Å². The zero-order valence-corrected chi connectivity index (χ0v) is 25.4. The number of hydrogen-bond acceptors (Lipinski definition) is 3. The van der Waals surface area contributed by atoms with Gasteiger partial charge in [-0.3, -0.25) is 9.78 Å². The molecule has 3 rings (SSSR count). The van der Waals surface area contributed by atoms with Crippen LogP contribution in [0.5, 0.6) is 5.75 Å². The third-order valence-corrected chi connectivity index (χ3v) is 7.21. The van der Waals surface area contributed by atoms with Crippen LogP contribution in [0.4, 0.5) is 0 Å². The predicted octanol–water partition coefficient (Wildman–Crippen LogP) is 10.3. The second kappa shape index (κ2) is 19.4. The van der Waals surface area contributed by atoms with Crippen LogP contribution in [0.3, 0.4) is 0 Å². The average Bonchev–Trinajstić information content (AvgIpc) is 3.48. The molecule has 0 N–H and O–H groups in total. The fraction of sp³-hybridized carbons (Fsp3) is 0.571. The molecule has 1 aliphatic rings. The van der Waals surface area contributed by atoms with E-state index in [0.29, 0.717) is 12.8 Å². The molecule has 0 aliphatic heterocycles. The number of Topliss-reactive ketones (excluding diaryl/α,β-unsaturated/α-hetero) is 1. The van der Waals surface area contributed by atoms with Gasteiger partial charge in [-0.15, -0.1) is 5.73 Å². The number of rotatable bonds is 13. The van der Waals surface area contributed by atoms with E-state index in [0.717, 1.165) is 59.9 Å². The second-order valence-corrected chi connectivity index (χ2v) is 9.78. The number of nitrogens with zero attached hydrogens (tertiary/aromatic N) is 1. The van der Waals surface area contributed by atoms with Gasteiger partial charge in [0.1, 0.15) is 5.75 Å². The largest absolute Gasteiger partial charge is 0.496 e. The lowest BCUT2D eigenvalue weighted by Crippen LogP contribution is -2.04. The lowest BCUT2D eigenvalue weighted by atomic mass is 9.95. The van der Waals surface area contributed by atoms with Crippen molar-refractivity contribution >= 4 is 5.78 Å². The van der Waals surface area contributed by atoms with Gasteiger partial charge in [0, 0.05) is 43.2 Å². The number of carbonyl (C=O) groups excluding carboxylic acids is 1. The lowest BCUT2D eigenvalue weighted by Gasteiger charge is -2.13. The molecule has 0 radical (unpaired) electrons. The lowest BCUT2D eigenvalue weighted by molar-refractivity contribution is 0.0979. The maximum Gasteiger partial charge on any atom is 0.163 e. The summed E-state index contributed by atoms with van der Waals surface area (Å²) in [6, 6.07) is 10.1. The van der Waals surface area contributed by atoms with E-state index in [9.17, 15) is 4.79 Å². The number of carbonyl (C=O) groups is 1. The van der Waals surface area contributed by atoms with Crippen molar-refractivity contribution in [1.29, 1.82) is 0 Å². The number of pyridine rings is 1. The Balaban J connectivity index is 0.00000276. The molecule has 3 nitrogen and oxygen atoms in total. The highest BCUT2D eigenvalue weighted by molar-refractivity contribution is 5.96. The SMILES string of the molecule is C=C=C(CCCC1CCCC1)Cc1ccc(Cc2ccc(C(=O)CCCC)cc2OC)nc1C.CC.CC.[HH]. The fourth-order valence-corrected chi connectivity index (χ4v) is 5.04. The Morgan fingerprint density at radius 1 is 1.05 bits per heavy atom. The summed E-state index contributed by atoms with van der Waals surface area (Å²) >= 11 is 0. The molecule has 1 heterocycles. The molecule has 0 bridgehead atoms. The van der Waals surface area contributed by atoms with Crippen molar-refractivity contribution in [1.82, 2.24) is 4.98 Å². The van der Waals surface area contributed by atoms with Gasteiger partial charge in [-0.05, 0) is 55.4 Å². The normalized spacial score (nSPS) is 12.5. The van der Waals surface area contributed by atoms with Crippen molar-refractivity contribution in [2.45, 2.75) is 119 Å².